The molecule has 1 fully saturated rings. The monoisotopic (exact) mass is 430 g/mol. The summed E-state index contributed by atoms with van der Waals surface area (Å²) in [6.45, 7) is 7.71. The fraction of sp³-hybridized carbons (Fsp3) is 0.391. The second kappa shape index (κ2) is 9.85. The van der Waals surface area contributed by atoms with Crippen LogP contribution < -0.4 is 9.47 Å². The molecule has 0 atom stereocenters. The molecular formula is C23H27ClN2O4. The molecule has 0 N–H and O–H groups in total. The van der Waals surface area contributed by atoms with E-state index in [-0.39, 0.29) is 25.0 Å². The zero-order valence-corrected chi connectivity index (χ0v) is 18.4. The molecule has 2 aromatic carbocycles. The van der Waals surface area contributed by atoms with Gasteiger partial charge in [0.05, 0.1) is 0 Å². The molecule has 160 valence electrons. The summed E-state index contributed by atoms with van der Waals surface area (Å²) >= 11 is 6.16. The Morgan fingerprint density at radius 1 is 0.800 bits per heavy atom. The van der Waals surface area contributed by atoms with Crippen molar-refractivity contribution < 1.29 is 19.1 Å². The van der Waals surface area contributed by atoms with Gasteiger partial charge in [-0.2, -0.15) is 0 Å². The van der Waals surface area contributed by atoms with Crippen molar-refractivity contribution in [1.82, 2.24) is 9.80 Å². The lowest BCUT2D eigenvalue weighted by Crippen LogP contribution is -2.52. The fourth-order valence-corrected chi connectivity index (χ4v) is 3.41. The first-order valence-corrected chi connectivity index (χ1v) is 10.4. The second-order valence-corrected chi connectivity index (χ2v) is 7.90. The molecule has 2 amide bonds. The predicted molar refractivity (Wildman–Crippen MR) is 116 cm³/mol. The van der Waals surface area contributed by atoms with Crippen LogP contribution in [0.15, 0.2) is 36.4 Å². The van der Waals surface area contributed by atoms with Crippen LogP contribution in [0.4, 0.5) is 0 Å². The van der Waals surface area contributed by atoms with E-state index in [4.69, 9.17) is 21.1 Å². The van der Waals surface area contributed by atoms with E-state index in [1.54, 1.807) is 9.80 Å². The topological polar surface area (TPSA) is 59.1 Å². The first-order chi connectivity index (χ1) is 14.3. The lowest BCUT2D eigenvalue weighted by atomic mass is 10.1. The maximum Gasteiger partial charge on any atom is 0.260 e. The Balaban J connectivity index is 1.42. The Hall–Kier alpha value is -2.73. The number of aryl methyl sites for hydroxylation is 3. The molecule has 0 aliphatic carbocycles. The van der Waals surface area contributed by atoms with Gasteiger partial charge in [-0.05, 0) is 56.2 Å². The highest BCUT2D eigenvalue weighted by Crippen LogP contribution is 2.25. The molecule has 0 bridgehead atoms. The van der Waals surface area contributed by atoms with Crippen LogP contribution in [0.1, 0.15) is 16.7 Å². The Kier molecular flexibility index (Phi) is 7.21. The highest BCUT2D eigenvalue weighted by Gasteiger charge is 2.24. The van der Waals surface area contributed by atoms with E-state index in [1.165, 1.54) is 0 Å². The number of nitrogens with zero attached hydrogens (tertiary/aromatic N) is 2. The van der Waals surface area contributed by atoms with Gasteiger partial charge < -0.3 is 19.3 Å². The van der Waals surface area contributed by atoms with Gasteiger partial charge in [0, 0.05) is 31.2 Å². The number of rotatable bonds is 6. The lowest BCUT2D eigenvalue weighted by molar-refractivity contribution is -0.141. The number of piperazine rings is 1. The summed E-state index contributed by atoms with van der Waals surface area (Å²) in [5.74, 6) is 1.13. The van der Waals surface area contributed by atoms with E-state index in [0.29, 0.717) is 42.7 Å². The molecule has 0 saturated carbocycles. The molecule has 1 aliphatic heterocycles. The lowest BCUT2D eigenvalue weighted by Gasteiger charge is -2.34. The number of ether oxygens (including phenoxy) is 2. The average molecular weight is 431 g/mol. The van der Waals surface area contributed by atoms with Gasteiger partial charge in [-0.3, -0.25) is 9.59 Å². The first kappa shape index (κ1) is 22.0. The van der Waals surface area contributed by atoms with Gasteiger partial charge in [-0.25, -0.2) is 0 Å². The van der Waals surface area contributed by atoms with Crippen LogP contribution in [-0.2, 0) is 9.59 Å². The van der Waals surface area contributed by atoms with Crippen molar-refractivity contribution in [3.8, 4) is 11.5 Å². The van der Waals surface area contributed by atoms with Gasteiger partial charge in [0.2, 0.25) is 0 Å². The number of halogens is 1. The van der Waals surface area contributed by atoms with Gasteiger partial charge >= 0.3 is 0 Å². The quantitative estimate of drug-likeness (QED) is 0.704. The fourth-order valence-electron chi connectivity index (χ4n) is 3.30. The van der Waals surface area contributed by atoms with Gasteiger partial charge in [0.1, 0.15) is 11.5 Å². The number of hydrogen-bond acceptors (Lipinski definition) is 4. The summed E-state index contributed by atoms with van der Waals surface area (Å²) < 4.78 is 11.2. The molecule has 0 spiro atoms. The highest BCUT2D eigenvalue weighted by atomic mass is 35.5. The summed E-state index contributed by atoms with van der Waals surface area (Å²) in [4.78, 5) is 28.3. The third-order valence-electron chi connectivity index (χ3n) is 5.14. The zero-order chi connectivity index (χ0) is 21.7. The highest BCUT2D eigenvalue weighted by molar-refractivity contribution is 6.32. The molecule has 3 rings (SSSR count). The average Bonchev–Trinajstić information content (AvgIpc) is 2.75. The summed E-state index contributed by atoms with van der Waals surface area (Å²) in [6, 6.07) is 11.2. The Morgan fingerprint density at radius 3 is 1.70 bits per heavy atom. The summed E-state index contributed by atoms with van der Waals surface area (Å²) in [5.41, 5.74) is 2.97. The minimum absolute atomic E-state index is 0.00458. The van der Waals surface area contributed by atoms with Crippen LogP contribution in [-0.4, -0.2) is 61.0 Å². The van der Waals surface area contributed by atoms with Crippen LogP contribution in [0.2, 0.25) is 5.02 Å². The molecule has 0 aromatic heterocycles. The maximum atomic E-state index is 12.5. The molecule has 1 heterocycles. The third-order valence-corrected chi connectivity index (χ3v) is 5.74. The standard InChI is InChI=1S/C23H27ClN2O4/c1-16-4-6-19(7-5-16)29-14-21(27)25-8-10-26(11-9-25)22(28)15-30-20-12-17(2)23(24)18(3)13-20/h4-7,12-13H,8-11,14-15H2,1-3H3. The molecule has 1 aliphatic rings. The molecule has 1 saturated heterocycles. The number of carbonyl (C=O) groups is 2. The van der Waals surface area contributed by atoms with Gasteiger partial charge in [-0.15, -0.1) is 0 Å². The Labute approximate surface area is 182 Å². The molecular weight excluding hydrogens is 404 g/mol. The molecule has 6 nitrogen and oxygen atoms in total. The van der Waals surface area contributed by atoms with Crippen molar-refractivity contribution in [1.29, 1.82) is 0 Å². The normalized spacial score (nSPS) is 13.9. The third kappa shape index (κ3) is 5.66. The van der Waals surface area contributed by atoms with Crippen molar-refractivity contribution in [2.45, 2.75) is 20.8 Å². The van der Waals surface area contributed by atoms with E-state index in [9.17, 15) is 9.59 Å². The van der Waals surface area contributed by atoms with Gasteiger partial charge in [0.15, 0.2) is 13.2 Å². The number of amides is 2. The van der Waals surface area contributed by atoms with Crippen LogP contribution in [0.3, 0.4) is 0 Å². The number of hydrogen-bond donors (Lipinski definition) is 0. The maximum absolute atomic E-state index is 12.5. The largest absolute Gasteiger partial charge is 0.484 e. The second-order valence-electron chi connectivity index (χ2n) is 7.52. The predicted octanol–water partition coefficient (Wildman–Crippen LogP) is 3.39. The summed E-state index contributed by atoms with van der Waals surface area (Å²) in [7, 11) is 0. The Morgan fingerprint density at radius 2 is 1.23 bits per heavy atom. The number of carbonyl (C=O) groups excluding carboxylic acids is 2. The first-order valence-electron chi connectivity index (χ1n) is 9.98. The van der Waals surface area contributed by atoms with Crippen molar-refractivity contribution >= 4 is 23.4 Å². The minimum Gasteiger partial charge on any atom is -0.484 e. The zero-order valence-electron chi connectivity index (χ0n) is 17.6. The van der Waals surface area contributed by atoms with Crippen LogP contribution in [0.5, 0.6) is 11.5 Å². The molecule has 7 heteroatoms. The van der Waals surface area contributed by atoms with Crippen molar-refractivity contribution in [2.24, 2.45) is 0 Å². The summed E-state index contributed by atoms with van der Waals surface area (Å²) in [6.07, 6.45) is 0. The van der Waals surface area contributed by atoms with E-state index >= 15 is 0 Å². The van der Waals surface area contributed by atoms with Crippen LogP contribution in [0, 0.1) is 20.8 Å². The van der Waals surface area contributed by atoms with Gasteiger partial charge in [-0.1, -0.05) is 29.3 Å². The van der Waals surface area contributed by atoms with E-state index in [1.807, 2.05) is 57.2 Å². The SMILES string of the molecule is Cc1ccc(OCC(=O)N2CCN(C(=O)COc3cc(C)c(Cl)c(C)c3)CC2)cc1. The minimum atomic E-state index is -0.0942. The molecule has 0 radical (unpaired) electrons. The molecule has 30 heavy (non-hydrogen) atoms. The number of benzene rings is 2. The van der Waals surface area contributed by atoms with E-state index in [2.05, 4.69) is 0 Å². The van der Waals surface area contributed by atoms with Crippen molar-refractivity contribution in [2.75, 3.05) is 39.4 Å². The summed E-state index contributed by atoms with van der Waals surface area (Å²) in [5, 5.41) is 0.709. The molecule has 2 aromatic rings. The van der Waals surface area contributed by atoms with E-state index < -0.39 is 0 Å². The van der Waals surface area contributed by atoms with Crippen molar-refractivity contribution in [3.63, 3.8) is 0 Å². The Bertz CT molecular complexity index is 883. The van der Waals surface area contributed by atoms with Crippen molar-refractivity contribution in [3.05, 3.63) is 58.1 Å². The van der Waals surface area contributed by atoms with Crippen LogP contribution in [0.25, 0.3) is 0 Å². The smallest absolute Gasteiger partial charge is 0.260 e. The van der Waals surface area contributed by atoms with Gasteiger partial charge in [0.25, 0.3) is 11.8 Å². The van der Waals surface area contributed by atoms with Crippen LogP contribution >= 0.6 is 11.6 Å². The van der Waals surface area contributed by atoms with E-state index in [0.717, 1.165) is 16.7 Å². The molecule has 0 unspecified atom stereocenters.